The zero-order chi connectivity index (χ0) is 13.8. The Hall–Kier alpha value is -2.00. The molecule has 0 atom stereocenters. The molecule has 0 saturated heterocycles. The van der Waals surface area contributed by atoms with Crippen LogP contribution in [0.25, 0.3) is 0 Å². The summed E-state index contributed by atoms with van der Waals surface area (Å²) in [6.45, 7) is 2.28. The van der Waals surface area contributed by atoms with Gasteiger partial charge in [-0.3, -0.25) is 4.79 Å². The van der Waals surface area contributed by atoms with Crippen molar-refractivity contribution >= 4 is 17.5 Å². The number of phenols is 1. The Bertz CT molecular complexity index is 594. The third-order valence-electron chi connectivity index (χ3n) is 2.81. The molecule has 0 spiro atoms. The molecule has 0 saturated carbocycles. The molecular weight excluding hydrogens is 262 g/mol. The van der Waals surface area contributed by atoms with E-state index < -0.39 is 0 Å². The summed E-state index contributed by atoms with van der Waals surface area (Å²) in [5, 5.41) is 12.6. The number of carbonyl (C=O) groups excluding carboxylic acids is 1. The van der Waals surface area contributed by atoms with Crippen molar-refractivity contribution in [1.29, 1.82) is 0 Å². The molecule has 2 N–H and O–H groups in total. The molecule has 2 rings (SSSR count). The second-order valence-corrected chi connectivity index (χ2v) is 4.72. The number of aromatic hydroxyl groups is 1. The Labute approximate surface area is 116 Å². The Morgan fingerprint density at radius 1 is 1.21 bits per heavy atom. The summed E-state index contributed by atoms with van der Waals surface area (Å²) in [4.78, 5) is 11.9. The van der Waals surface area contributed by atoms with Crippen LogP contribution in [0, 0.1) is 6.92 Å². The number of phenolic OH excluding ortho intramolecular Hbond substituents is 1. The molecule has 0 fully saturated rings. The number of hydrogen-bond donors (Lipinski definition) is 2. The number of aryl methyl sites for hydroxylation is 1. The van der Waals surface area contributed by atoms with Crippen LogP contribution >= 0.6 is 11.6 Å². The fraction of sp³-hybridized carbons (Fsp3) is 0.133. The zero-order valence-corrected chi connectivity index (χ0v) is 11.2. The third-order valence-corrected chi connectivity index (χ3v) is 3.23. The van der Waals surface area contributed by atoms with E-state index in [9.17, 15) is 4.79 Å². The summed E-state index contributed by atoms with van der Waals surface area (Å²) in [6.07, 6.45) is 0. The van der Waals surface area contributed by atoms with Crippen LogP contribution in [-0.4, -0.2) is 11.0 Å². The second kappa shape index (κ2) is 5.76. The molecule has 0 aliphatic heterocycles. The Morgan fingerprint density at radius 2 is 1.89 bits per heavy atom. The van der Waals surface area contributed by atoms with E-state index in [1.807, 2.05) is 6.92 Å². The van der Waals surface area contributed by atoms with Gasteiger partial charge >= 0.3 is 0 Å². The highest BCUT2D eigenvalue weighted by Gasteiger charge is 2.06. The van der Waals surface area contributed by atoms with Crippen LogP contribution in [0.4, 0.5) is 0 Å². The summed E-state index contributed by atoms with van der Waals surface area (Å²) >= 11 is 5.92. The molecule has 2 aromatic rings. The molecule has 0 aliphatic carbocycles. The van der Waals surface area contributed by atoms with E-state index >= 15 is 0 Å². The first-order valence-electron chi connectivity index (χ1n) is 5.88. The van der Waals surface area contributed by atoms with Gasteiger partial charge in [0, 0.05) is 17.1 Å². The van der Waals surface area contributed by atoms with E-state index in [0.29, 0.717) is 17.1 Å². The predicted octanol–water partition coefficient (Wildman–Crippen LogP) is 3.28. The van der Waals surface area contributed by atoms with E-state index in [2.05, 4.69) is 5.32 Å². The average molecular weight is 276 g/mol. The topological polar surface area (TPSA) is 49.3 Å². The number of carbonyl (C=O) groups is 1. The monoisotopic (exact) mass is 275 g/mol. The average Bonchev–Trinajstić information content (AvgIpc) is 2.41. The van der Waals surface area contributed by atoms with Gasteiger partial charge in [-0.2, -0.15) is 0 Å². The number of rotatable bonds is 3. The van der Waals surface area contributed by atoms with Crippen LogP contribution in [0.5, 0.6) is 5.75 Å². The van der Waals surface area contributed by atoms with Crippen molar-refractivity contribution in [2.24, 2.45) is 0 Å². The van der Waals surface area contributed by atoms with Crippen molar-refractivity contribution in [3.63, 3.8) is 0 Å². The molecule has 0 unspecified atom stereocenters. The molecule has 3 nitrogen and oxygen atoms in total. The van der Waals surface area contributed by atoms with Crippen molar-refractivity contribution in [1.82, 2.24) is 5.32 Å². The standard InChI is InChI=1S/C15H14ClNO2/c1-10-8-12(4-7-14(10)16)15(19)17-9-11-2-5-13(18)6-3-11/h2-8,18H,9H2,1H3,(H,17,19). The van der Waals surface area contributed by atoms with Gasteiger partial charge in [0.05, 0.1) is 0 Å². The molecule has 0 radical (unpaired) electrons. The van der Waals surface area contributed by atoms with Gasteiger partial charge in [-0.25, -0.2) is 0 Å². The number of benzene rings is 2. The van der Waals surface area contributed by atoms with Gasteiger partial charge in [0.1, 0.15) is 5.75 Å². The van der Waals surface area contributed by atoms with E-state index in [1.165, 1.54) is 0 Å². The first kappa shape index (κ1) is 13.4. The van der Waals surface area contributed by atoms with Crippen molar-refractivity contribution < 1.29 is 9.90 Å². The molecule has 19 heavy (non-hydrogen) atoms. The van der Waals surface area contributed by atoms with Crippen molar-refractivity contribution in [3.05, 3.63) is 64.2 Å². The number of halogens is 1. The molecule has 0 aromatic heterocycles. The van der Waals surface area contributed by atoms with Crippen LogP contribution in [-0.2, 0) is 6.54 Å². The largest absolute Gasteiger partial charge is 0.508 e. The fourth-order valence-corrected chi connectivity index (χ4v) is 1.80. The van der Waals surface area contributed by atoms with E-state index in [-0.39, 0.29) is 11.7 Å². The van der Waals surface area contributed by atoms with Crippen LogP contribution in [0.15, 0.2) is 42.5 Å². The number of nitrogens with one attached hydrogen (secondary N) is 1. The SMILES string of the molecule is Cc1cc(C(=O)NCc2ccc(O)cc2)ccc1Cl. The lowest BCUT2D eigenvalue weighted by molar-refractivity contribution is 0.0951. The summed E-state index contributed by atoms with van der Waals surface area (Å²) in [6, 6.07) is 11.9. The number of hydrogen-bond acceptors (Lipinski definition) is 2. The van der Waals surface area contributed by atoms with Crippen LogP contribution in [0.2, 0.25) is 5.02 Å². The molecular formula is C15H14ClNO2. The molecule has 0 aliphatic rings. The zero-order valence-electron chi connectivity index (χ0n) is 10.5. The van der Waals surface area contributed by atoms with Gasteiger partial charge in [0.25, 0.3) is 5.91 Å². The predicted molar refractivity (Wildman–Crippen MR) is 75.5 cm³/mol. The second-order valence-electron chi connectivity index (χ2n) is 4.31. The Morgan fingerprint density at radius 3 is 2.53 bits per heavy atom. The first-order valence-corrected chi connectivity index (χ1v) is 6.26. The van der Waals surface area contributed by atoms with Crippen LogP contribution < -0.4 is 5.32 Å². The quantitative estimate of drug-likeness (QED) is 0.903. The lowest BCUT2D eigenvalue weighted by atomic mass is 10.1. The van der Waals surface area contributed by atoms with Gasteiger partial charge < -0.3 is 10.4 Å². The highest BCUT2D eigenvalue weighted by molar-refractivity contribution is 6.31. The number of amides is 1. The first-order chi connectivity index (χ1) is 9.06. The van der Waals surface area contributed by atoms with Gasteiger partial charge in [-0.1, -0.05) is 23.7 Å². The maximum Gasteiger partial charge on any atom is 0.251 e. The molecule has 2 aromatic carbocycles. The van der Waals surface area contributed by atoms with Gasteiger partial charge in [0.15, 0.2) is 0 Å². The summed E-state index contributed by atoms with van der Waals surface area (Å²) in [5.41, 5.74) is 2.39. The smallest absolute Gasteiger partial charge is 0.251 e. The normalized spacial score (nSPS) is 10.2. The van der Waals surface area contributed by atoms with Crippen LogP contribution in [0.3, 0.4) is 0 Å². The molecule has 0 bridgehead atoms. The molecule has 98 valence electrons. The Balaban J connectivity index is 2.01. The summed E-state index contributed by atoms with van der Waals surface area (Å²) < 4.78 is 0. The minimum atomic E-state index is -0.146. The lowest BCUT2D eigenvalue weighted by Crippen LogP contribution is -2.22. The summed E-state index contributed by atoms with van der Waals surface area (Å²) in [7, 11) is 0. The fourth-order valence-electron chi connectivity index (χ4n) is 1.68. The van der Waals surface area contributed by atoms with Gasteiger partial charge in [-0.05, 0) is 48.4 Å². The lowest BCUT2D eigenvalue weighted by Gasteiger charge is -2.07. The molecule has 1 amide bonds. The van der Waals surface area contributed by atoms with E-state index in [0.717, 1.165) is 11.1 Å². The van der Waals surface area contributed by atoms with Crippen molar-refractivity contribution in [2.75, 3.05) is 0 Å². The minimum absolute atomic E-state index is 0.146. The van der Waals surface area contributed by atoms with Crippen LogP contribution in [0.1, 0.15) is 21.5 Å². The highest BCUT2D eigenvalue weighted by Crippen LogP contribution is 2.16. The Kier molecular flexibility index (Phi) is 4.07. The third kappa shape index (κ3) is 3.48. The van der Waals surface area contributed by atoms with E-state index in [4.69, 9.17) is 16.7 Å². The van der Waals surface area contributed by atoms with Crippen molar-refractivity contribution in [2.45, 2.75) is 13.5 Å². The maximum atomic E-state index is 11.9. The van der Waals surface area contributed by atoms with Crippen molar-refractivity contribution in [3.8, 4) is 5.75 Å². The highest BCUT2D eigenvalue weighted by atomic mass is 35.5. The van der Waals surface area contributed by atoms with E-state index in [1.54, 1.807) is 42.5 Å². The maximum absolute atomic E-state index is 11.9. The summed E-state index contributed by atoms with van der Waals surface area (Å²) in [5.74, 6) is 0.0660. The molecule has 4 heteroatoms. The molecule has 0 heterocycles. The van der Waals surface area contributed by atoms with Gasteiger partial charge in [-0.15, -0.1) is 0 Å². The minimum Gasteiger partial charge on any atom is -0.508 e. The van der Waals surface area contributed by atoms with Gasteiger partial charge in [0.2, 0.25) is 0 Å².